The second-order valence-corrected chi connectivity index (χ2v) is 6.14. The molecule has 0 amide bonds. The lowest BCUT2D eigenvalue weighted by Gasteiger charge is -2.38. The molecule has 1 saturated carbocycles. The first-order chi connectivity index (χ1) is 10.2. The van der Waals surface area contributed by atoms with Gasteiger partial charge in [0.25, 0.3) is 0 Å². The summed E-state index contributed by atoms with van der Waals surface area (Å²) in [5, 5.41) is 9.54. The van der Waals surface area contributed by atoms with Crippen molar-refractivity contribution in [3.63, 3.8) is 0 Å². The summed E-state index contributed by atoms with van der Waals surface area (Å²) in [5.74, 6) is 0. The molecule has 0 spiro atoms. The van der Waals surface area contributed by atoms with Gasteiger partial charge in [-0.15, -0.1) is 0 Å². The van der Waals surface area contributed by atoms with E-state index in [1.165, 1.54) is 19.3 Å². The topological polar surface area (TPSA) is 62.3 Å². The molecule has 1 aromatic carbocycles. The summed E-state index contributed by atoms with van der Waals surface area (Å²) in [6.07, 6.45) is 4.68. The summed E-state index contributed by atoms with van der Waals surface area (Å²) < 4.78 is 5.84. The first-order valence-electron chi connectivity index (χ1n) is 7.84. The number of rotatable bonds is 4. The van der Waals surface area contributed by atoms with Crippen LogP contribution in [0.5, 0.6) is 0 Å². The average Bonchev–Trinajstić information content (AvgIpc) is 3.02. The third-order valence-corrected chi connectivity index (χ3v) is 4.88. The second kappa shape index (κ2) is 6.15. The number of ether oxygens (including phenoxy) is 1. The van der Waals surface area contributed by atoms with Crippen LogP contribution in [0.1, 0.15) is 31.2 Å². The predicted octanol–water partition coefficient (Wildman–Crippen LogP) is 2.01. The first kappa shape index (κ1) is 14.5. The van der Waals surface area contributed by atoms with Crippen molar-refractivity contribution in [2.24, 2.45) is 5.73 Å². The molecule has 4 heteroatoms. The zero-order chi connectivity index (χ0) is 14.7. The van der Waals surface area contributed by atoms with Gasteiger partial charge in [0.05, 0.1) is 18.8 Å². The summed E-state index contributed by atoms with van der Waals surface area (Å²) >= 11 is 0. The Morgan fingerprint density at radius 3 is 2.90 bits per heavy atom. The molecule has 0 radical (unpaired) electrons. The molecule has 2 aliphatic rings. The van der Waals surface area contributed by atoms with Gasteiger partial charge in [-0.1, -0.05) is 30.3 Å². The Hall–Kier alpha value is -1.41. The third-order valence-electron chi connectivity index (χ3n) is 4.88. The van der Waals surface area contributed by atoms with Crippen LogP contribution in [0.25, 0.3) is 0 Å². The molecule has 1 aliphatic heterocycles. The molecule has 3 unspecified atom stereocenters. The SMILES string of the molecule is N#CC(N)(CCN1CCOC2CCCC21)c1ccccc1. The van der Waals surface area contributed by atoms with Gasteiger partial charge in [0.15, 0.2) is 0 Å². The monoisotopic (exact) mass is 285 g/mol. The Labute approximate surface area is 126 Å². The molecule has 2 fully saturated rings. The summed E-state index contributed by atoms with van der Waals surface area (Å²) in [6.45, 7) is 2.62. The van der Waals surface area contributed by atoms with Crippen molar-refractivity contribution >= 4 is 0 Å². The highest BCUT2D eigenvalue weighted by molar-refractivity contribution is 5.30. The summed E-state index contributed by atoms with van der Waals surface area (Å²) in [5.41, 5.74) is 6.36. The fourth-order valence-electron chi connectivity index (χ4n) is 3.60. The zero-order valence-electron chi connectivity index (χ0n) is 12.4. The molecule has 112 valence electrons. The number of hydrogen-bond donors (Lipinski definition) is 1. The first-order valence-corrected chi connectivity index (χ1v) is 7.84. The van der Waals surface area contributed by atoms with E-state index in [9.17, 15) is 5.26 Å². The van der Waals surface area contributed by atoms with Crippen LogP contribution in [0.2, 0.25) is 0 Å². The number of hydrogen-bond acceptors (Lipinski definition) is 4. The normalized spacial score (nSPS) is 28.6. The van der Waals surface area contributed by atoms with Gasteiger partial charge in [-0.05, 0) is 31.2 Å². The Bertz CT molecular complexity index is 513. The van der Waals surface area contributed by atoms with Crippen LogP contribution < -0.4 is 5.73 Å². The Morgan fingerprint density at radius 2 is 2.14 bits per heavy atom. The molecular formula is C17H23N3O. The number of benzene rings is 1. The molecule has 0 aromatic heterocycles. The number of morpholine rings is 1. The van der Waals surface area contributed by atoms with E-state index in [0.29, 0.717) is 18.6 Å². The smallest absolute Gasteiger partial charge is 0.131 e. The maximum atomic E-state index is 9.54. The van der Waals surface area contributed by atoms with E-state index in [4.69, 9.17) is 10.5 Å². The van der Waals surface area contributed by atoms with Gasteiger partial charge in [0.1, 0.15) is 5.54 Å². The molecule has 3 rings (SSSR count). The van der Waals surface area contributed by atoms with Crippen molar-refractivity contribution in [2.75, 3.05) is 19.7 Å². The van der Waals surface area contributed by atoms with Crippen molar-refractivity contribution in [1.29, 1.82) is 5.26 Å². The molecular weight excluding hydrogens is 262 g/mol. The van der Waals surface area contributed by atoms with Crippen LogP contribution in [-0.4, -0.2) is 36.7 Å². The minimum absolute atomic E-state index is 0.393. The Morgan fingerprint density at radius 1 is 1.33 bits per heavy atom. The number of nitrogens with two attached hydrogens (primary N) is 1. The molecule has 4 nitrogen and oxygen atoms in total. The highest BCUT2D eigenvalue weighted by Crippen LogP contribution is 2.31. The van der Waals surface area contributed by atoms with Crippen LogP contribution in [-0.2, 0) is 10.3 Å². The van der Waals surface area contributed by atoms with Crippen molar-refractivity contribution < 1.29 is 4.74 Å². The number of fused-ring (bicyclic) bond motifs is 1. The van der Waals surface area contributed by atoms with E-state index in [1.54, 1.807) is 0 Å². The number of nitrogens with zero attached hydrogens (tertiary/aromatic N) is 2. The lowest BCUT2D eigenvalue weighted by molar-refractivity contribution is -0.0568. The van der Waals surface area contributed by atoms with Crippen molar-refractivity contribution in [3.05, 3.63) is 35.9 Å². The maximum Gasteiger partial charge on any atom is 0.131 e. The van der Waals surface area contributed by atoms with Gasteiger partial charge in [0, 0.05) is 19.1 Å². The molecule has 21 heavy (non-hydrogen) atoms. The van der Waals surface area contributed by atoms with E-state index in [2.05, 4.69) is 11.0 Å². The Kier molecular flexibility index (Phi) is 4.25. The third kappa shape index (κ3) is 2.96. The molecule has 0 bridgehead atoms. The minimum atomic E-state index is -0.895. The molecule has 2 N–H and O–H groups in total. The van der Waals surface area contributed by atoms with Crippen LogP contribution in [0.15, 0.2) is 30.3 Å². The standard InChI is InChI=1S/C17H23N3O/c18-13-17(19,14-5-2-1-3-6-14)9-10-20-11-12-21-16-8-4-7-15(16)20/h1-3,5-6,15-16H,4,7-12,19H2. The lowest BCUT2D eigenvalue weighted by atomic mass is 9.88. The average molecular weight is 285 g/mol. The molecule has 3 atom stereocenters. The quantitative estimate of drug-likeness (QED) is 0.919. The molecule has 1 aromatic rings. The highest BCUT2D eigenvalue weighted by Gasteiger charge is 2.37. The number of nitriles is 1. The van der Waals surface area contributed by atoms with Crippen molar-refractivity contribution in [3.8, 4) is 6.07 Å². The minimum Gasteiger partial charge on any atom is -0.375 e. The largest absolute Gasteiger partial charge is 0.375 e. The van der Waals surface area contributed by atoms with Crippen molar-refractivity contribution in [1.82, 2.24) is 4.90 Å². The van der Waals surface area contributed by atoms with Gasteiger partial charge in [0.2, 0.25) is 0 Å². The van der Waals surface area contributed by atoms with Crippen LogP contribution in [0.4, 0.5) is 0 Å². The van der Waals surface area contributed by atoms with E-state index in [-0.39, 0.29) is 0 Å². The van der Waals surface area contributed by atoms with E-state index in [1.807, 2.05) is 30.3 Å². The fraction of sp³-hybridized carbons (Fsp3) is 0.588. The molecule has 1 aliphatic carbocycles. The fourth-order valence-corrected chi connectivity index (χ4v) is 3.60. The van der Waals surface area contributed by atoms with Crippen LogP contribution in [0.3, 0.4) is 0 Å². The van der Waals surface area contributed by atoms with Gasteiger partial charge >= 0.3 is 0 Å². The summed E-state index contributed by atoms with van der Waals surface area (Å²) in [6, 6.07) is 12.6. The summed E-state index contributed by atoms with van der Waals surface area (Å²) in [4.78, 5) is 2.48. The van der Waals surface area contributed by atoms with E-state index < -0.39 is 5.54 Å². The lowest BCUT2D eigenvalue weighted by Crippen LogP contribution is -2.50. The van der Waals surface area contributed by atoms with Crippen LogP contribution >= 0.6 is 0 Å². The molecule has 1 heterocycles. The van der Waals surface area contributed by atoms with Gasteiger partial charge in [-0.25, -0.2) is 0 Å². The maximum absolute atomic E-state index is 9.54. The van der Waals surface area contributed by atoms with Gasteiger partial charge in [-0.2, -0.15) is 5.26 Å². The predicted molar refractivity (Wildman–Crippen MR) is 81.5 cm³/mol. The van der Waals surface area contributed by atoms with Crippen molar-refractivity contribution in [2.45, 2.75) is 43.4 Å². The van der Waals surface area contributed by atoms with Gasteiger partial charge < -0.3 is 10.5 Å². The van der Waals surface area contributed by atoms with E-state index >= 15 is 0 Å². The Balaban J connectivity index is 1.67. The highest BCUT2D eigenvalue weighted by atomic mass is 16.5. The molecule has 1 saturated heterocycles. The second-order valence-electron chi connectivity index (χ2n) is 6.14. The zero-order valence-corrected chi connectivity index (χ0v) is 12.4. The van der Waals surface area contributed by atoms with E-state index in [0.717, 1.165) is 25.3 Å². The van der Waals surface area contributed by atoms with Gasteiger partial charge in [-0.3, -0.25) is 4.90 Å². The summed E-state index contributed by atoms with van der Waals surface area (Å²) in [7, 11) is 0. The van der Waals surface area contributed by atoms with Crippen LogP contribution in [0, 0.1) is 11.3 Å².